The Kier molecular flexibility index (Phi) is 5.64. The van der Waals surface area contributed by atoms with Crippen LogP contribution in [0.4, 0.5) is 5.69 Å². The Labute approximate surface area is 130 Å². The number of para-hydroxylation sites is 1. The molecule has 0 amide bonds. The number of esters is 1. The second kappa shape index (κ2) is 7.70. The summed E-state index contributed by atoms with van der Waals surface area (Å²) in [6, 6.07) is 16.8. The lowest BCUT2D eigenvalue weighted by atomic mass is 10.2. The maximum Gasteiger partial charge on any atom is 0.338 e. The first kappa shape index (κ1) is 15.4. The maximum absolute atomic E-state index is 11.9. The number of carbonyl (C=O) groups is 1. The van der Waals surface area contributed by atoms with Crippen molar-refractivity contribution in [1.82, 2.24) is 0 Å². The van der Waals surface area contributed by atoms with Crippen LogP contribution in [0.5, 0.6) is 0 Å². The Bertz CT molecular complexity index is 569. The standard InChI is InChI=1S/C17H18ClNO2/c1-2-19(16-6-4-3-5-7-16)12-13-21-17(20)14-8-10-15(18)11-9-14/h3-11H,2,12-13H2,1H3. The summed E-state index contributed by atoms with van der Waals surface area (Å²) in [5.74, 6) is -0.323. The van der Waals surface area contributed by atoms with Gasteiger partial charge in [0.05, 0.1) is 12.1 Å². The average Bonchev–Trinajstić information content (AvgIpc) is 2.53. The number of benzene rings is 2. The molecular formula is C17H18ClNO2. The lowest BCUT2D eigenvalue weighted by Gasteiger charge is -2.22. The highest BCUT2D eigenvalue weighted by molar-refractivity contribution is 6.30. The number of nitrogens with zero attached hydrogens (tertiary/aromatic N) is 1. The summed E-state index contributed by atoms with van der Waals surface area (Å²) in [5.41, 5.74) is 1.64. The number of ether oxygens (including phenoxy) is 1. The third-order valence-electron chi connectivity index (χ3n) is 3.18. The van der Waals surface area contributed by atoms with E-state index in [0.29, 0.717) is 23.7 Å². The second-order valence-electron chi connectivity index (χ2n) is 4.56. The first-order valence-corrected chi connectivity index (χ1v) is 7.31. The Morgan fingerprint density at radius 3 is 2.38 bits per heavy atom. The third kappa shape index (κ3) is 4.50. The van der Waals surface area contributed by atoms with E-state index < -0.39 is 0 Å². The SMILES string of the molecule is CCN(CCOC(=O)c1ccc(Cl)cc1)c1ccccc1. The fraction of sp³-hybridized carbons (Fsp3) is 0.235. The van der Waals surface area contributed by atoms with Crippen LogP contribution in [0.25, 0.3) is 0 Å². The quantitative estimate of drug-likeness (QED) is 0.755. The molecule has 0 spiro atoms. The van der Waals surface area contributed by atoms with Gasteiger partial charge in [0.25, 0.3) is 0 Å². The Morgan fingerprint density at radius 2 is 1.76 bits per heavy atom. The lowest BCUT2D eigenvalue weighted by molar-refractivity contribution is 0.0515. The van der Waals surface area contributed by atoms with Crippen molar-refractivity contribution in [3.63, 3.8) is 0 Å². The van der Waals surface area contributed by atoms with Crippen LogP contribution in [0.1, 0.15) is 17.3 Å². The number of carbonyl (C=O) groups excluding carboxylic acids is 1. The molecule has 0 aliphatic rings. The molecule has 3 nitrogen and oxygen atoms in total. The van der Waals surface area contributed by atoms with Gasteiger partial charge in [-0.2, -0.15) is 0 Å². The second-order valence-corrected chi connectivity index (χ2v) is 4.99. The summed E-state index contributed by atoms with van der Waals surface area (Å²) >= 11 is 5.79. The van der Waals surface area contributed by atoms with E-state index in [9.17, 15) is 4.79 Å². The first-order valence-electron chi connectivity index (χ1n) is 6.93. The molecule has 0 aliphatic heterocycles. The van der Waals surface area contributed by atoms with Crippen molar-refractivity contribution < 1.29 is 9.53 Å². The molecule has 110 valence electrons. The minimum Gasteiger partial charge on any atom is -0.460 e. The molecule has 0 atom stereocenters. The highest BCUT2D eigenvalue weighted by Gasteiger charge is 2.08. The van der Waals surface area contributed by atoms with Gasteiger partial charge in [-0.05, 0) is 43.3 Å². The van der Waals surface area contributed by atoms with Gasteiger partial charge < -0.3 is 9.64 Å². The van der Waals surface area contributed by atoms with Crippen LogP contribution in [0.2, 0.25) is 5.02 Å². The largest absolute Gasteiger partial charge is 0.460 e. The van der Waals surface area contributed by atoms with E-state index in [0.717, 1.165) is 12.2 Å². The van der Waals surface area contributed by atoms with Gasteiger partial charge in [0.1, 0.15) is 6.61 Å². The number of rotatable bonds is 6. The Morgan fingerprint density at radius 1 is 1.10 bits per heavy atom. The van der Waals surface area contributed by atoms with Crippen molar-refractivity contribution in [2.45, 2.75) is 6.92 Å². The monoisotopic (exact) mass is 303 g/mol. The molecule has 0 N–H and O–H groups in total. The maximum atomic E-state index is 11.9. The summed E-state index contributed by atoms with van der Waals surface area (Å²) in [5, 5.41) is 0.604. The van der Waals surface area contributed by atoms with E-state index in [1.54, 1.807) is 24.3 Å². The lowest BCUT2D eigenvalue weighted by Crippen LogP contribution is -2.27. The van der Waals surface area contributed by atoms with E-state index in [1.807, 2.05) is 30.3 Å². The van der Waals surface area contributed by atoms with Crippen molar-refractivity contribution >= 4 is 23.3 Å². The number of halogens is 1. The van der Waals surface area contributed by atoms with Gasteiger partial charge >= 0.3 is 5.97 Å². The predicted octanol–water partition coefficient (Wildman–Crippen LogP) is 4.02. The zero-order valence-corrected chi connectivity index (χ0v) is 12.7. The van der Waals surface area contributed by atoms with E-state index in [1.165, 1.54) is 0 Å². The van der Waals surface area contributed by atoms with E-state index in [4.69, 9.17) is 16.3 Å². The van der Waals surface area contributed by atoms with Crippen molar-refractivity contribution in [1.29, 1.82) is 0 Å². The molecule has 0 saturated heterocycles. The van der Waals surface area contributed by atoms with Gasteiger partial charge in [0.2, 0.25) is 0 Å². The van der Waals surface area contributed by atoms with E-state index >= 15 is 0 Å². The average molecular weight is 304 g/mol. The van der Waals surface area contributed by atoms with E-state index in [2.05, 4.69) is 11.8 Å². The summed E-state index contributed by atoms with van der Waals surface area (Å²) < 4.78 is 5.30. The smallest absolute Gasteiger partial charge is 0.338 e. The van der Waals surface area contributed by atoms with Crippen LogP contribution in [0, 0.1) is 0 Å². The zero-order chi connectivity index (χ0) is 15.1. The van der Waals surface area contributed by atoms with Crippen LogP contribution < -0.4 is 4.90 Å². The highest BCUT2D eigenvalue weighted by atomic mass is 35.5. The van der Waals surface area contributed by atoms with Gasteiger partial charge in [-0.1, -0.05) is 29.8 Å². The molecule has 0 aliphatic carbocycles. The van der Waals surface area contributed by atoms with Gasteiger partial charge in [-0.15, -0.1) is 0 Å². The highest BCUT2D eigenvalue weighted by Crippen LogP contribution is 2.13. The molecule has 0 saturated carbocycles. The van der Waals surface area contributed by atoms with Crippen molar-refractivity contribution in [2.24, 2.45) is 0 Å². The van der Waals surface area contributed by atoms with Crippen LogP contribution in [-0.2, 0) is 4.74 Å². The number of hydrogen-bond donors (Lipinski definition) is 0. The van der Waals surface area contributed by atoms with Crippen LogP contribution in [0.15, 0.2) is 54.6 Å². The summed E-state index contributed by atoms with van der Waals surface area (Å²) in [6.45, 7) is 3.96. The van der Waals surface area contributed by atoms with Crippen LogP contribution >= 0.6 is 11.6 Å². The number of anilines is 1. The molecule has 0 heterocycles. The van der Waals surface area contributed by atoms with Gasteiger partial charge in [0, 0.05) is 17.3 Å². The topological polar surface area (TPSA) is 29.5 Å². The summed E-state index contributed by atoms with van der Waals surface area (Å²) in [7, 11) is 0. The van der Waals surface area contributed by atoms with Gasteiger partial charge in [-0.25, -0.2) is 4.79 Å². The Hall–Kier alpha value is -2.00. The van der Waals surface area contributed by atoms with Gasteiger partial charge in [0.15, 0.2) is 0 Å². The number of likely N-dealkylation sites (N-methyl/N-ethyl adjacent to an activating group) is 1. The van der Waals surface area contributed by atoms with Crippen molar-refractivity contribution in [3.05, 3.63) is 65.2 Å². The molecule has 4 heteroatoms. The zero-order valence-electron chi connectivity index (χ0n) is 12.0. The van der Waals surface area contributed by atoms with Crippen molar-refractivity contribution in [3.8, 4) is 0 Å². The first-order chi connectivity index (χ1) is 10.2. The molecule has 0 aromatic heterocycles. The third-order valence-corrected chi connectivity index (χ3v) is 3.43. The fourth-order valence-corrected chi connectivity index (χ4v) is 2.15. The molecule has 0 fully saturated rings. The molecular weight excluding hydrogens is 286 g/mol. The summed E-state index contributed by atoms with van der Waals surface area (Å²) in [6.07, 6.45) is 0. The predicted molar refractivity (Wildman–Crippen MR) is 86.1 cm³/mol. The Balaban J connectivity index is 1.85. The molecule has 2 aromatic rings. The normalized spacial score (nSPS) is 10.2. The fourth-order valence-electron chi connectivity index (χ4n) is 2.03. The molecule has 2 rings (SSSR count). The molecule has 0 radical (unpaired) electrons. The molecule has 21 heavy (non-hydrogen) atoms. The molecule has 0 bridgehead atoms. The minimum atomic E-state index is -0.323. The van der Waals surface area contributed by atoms with Crippen molar-refractivity contribution in [2.75, 3.05) is 24.6 Å². The van der Waals surface area contributed by atoms with Gasteiger partial charge in [-0.3, -0.25) is 0 Å². The molecule has 2 aromatic carbocycles. The number of hydrogen-bond acceptors (Lipinski definition) is 3. The molecule has 0 unspecified atom stereocenters. The minimum absolute atomic E-state index is 0.323. The summed E-state index contributed by atoms with van der Waals surface area (Å²) in [4.78, 5) is 14.0. The van der Waals surface area contributed by atoms with Crippen LogP contribution in [0.3, 0.4) is 0 Å². The van der Waals surface area contributed by atoms with Crippen LogP contribution in [-0.4, -0.2) is 25.7 Å². The van der Waals surface area contributed by atoms with E-state index in [-0.39, 0.29) is 5.97 Å².